The van der Waals surface area contributed by atoms with E-state index in [0.717, 1.165) is 22.9 Å². The van der Waals surface area contributed by atoms with Crippen LogP contribution in [0.5, 0.6) is 5.75 Å². The first-order chi connectivity index (χ1) is 9.10. The van der Waals surface area contributed by atoms with E-state index in [1.54, 1.807) is 7.11 Å². The second-order valence-corrected chi connectivity index (χ2v) is 4.29. The normalized spacial score (nSPS) is 10.3. The van der Waals surface area contributed by atoms with Gasteiger partial charge in [-0.3, -0.25) is 0 Å². The Bertz CT molecular complexity index is 584. The maximum atomic E-state index is 13.5. The lowest BCUT2D eigenvalue weighted by Gasteiger charge is -2.12. The van der Waals surface area contributed by atoms with Gasteiger partial charge in [-0.25, -0.2) is 8.78 Å². The molecule has 100 valence electrons. The van der Waals surface area contributed by atoms with Crippen molar-refractivity contribution in [2.45, 2.75) is 13.5 Å². The first-order valence-electron chi connectivity index (χ1n) is 5.92. The van der Waals surface area contributed by atoms with Crippen LogP contribution >= 0.6 is 0 Å². The summed E-state index contributed by atoms with van der Waals surface area (Å²) in [5.41, 5.74) is 2.29. The highest BCUT2D eigenvalue weighted by atomic mass is 19.1. The van der Waals surface area contributed by atoms with E-state index < -0.39 is 11.6 Å². The average molecular weight is 263 g/mol. The molecule has 2 aromatic carbocycles. The molecule has 1 N–H and O–H groups in total. The van der Waals surface area contributed by atoms with Crippen LogP contribution in [0.3, 0.4) is 0 Å². The van der Waals surface area contributed by atoms with Gasteiger partial charge in [0.15, 0.2) is 0 Å². The molecule has 4 heteroatoms. The van der Waals surface area contributed by atoms with Gasteiger partial charge in [-0.2, -0.15) is 0 Å². The van der Waals surface area contributed by atoms with Gasteiger partial charge in [-0.15, -0.1) is 0 Å². The van der Waals surface area contributed by atoms with Crippen LogP contribution in [-0.2, 0) is 6.54 Å². The summed E-state index contributed by atoms with van der Waals surface area (Å²) < 4.78 is 31.5. The van der Waals surface area contributed by atoms with Gasteiger partial charge in [0.1, 0.15) is 17.4 Å². The van der Waals surface area contributed by atoms with E-state index >= 15 is 0 Å². The number of aryl methyl sites for hydroxylation is 1. The van der Waals surface area contributed by atoms with E-state index in [9.17, 15) is 8.78 Å². The molecule has 0 amide bonds. The zero-order chi connectivity index (χ0) is 13.8. The third-order valence-electron chi connectivity index (χ3n) is 2.84. The number of hydrogen-bond donors (Lipinski definition) is 1. The van der Waals surface area contributed by atoms with Crippen molar-refractivity contribution in [1.82, 2.24) is 0 Å². The van der Waals surface area contributed by atoms with E-state index in [4.69, 9.17) is 4.74 Å². The molecule has 0 atom stereocenters. The fraction of sp³-hybridized carbons (Fsp3) is 0.200. The summed E-state index contributed by atoms with van der Waals surface area (Å²) in [4.78, 5) is 0. The second kappa shape index (κ2) is 5.69. The number of nitrogens with one attached hydrogen (secondary N) is 1. The summed E-state index contributed by atoms with van der Waals surface area (Å²) in [7, 11) is 1.59. The second-order valence-electron chi connectivity index (χ2n) is 4.29. The van der Waals surface area contributed by atoms with Gasteiger partial charge in [-0.1, -0.05) is 17.7 Å². The Hall–Kier alpha value is -2.10. The molecular weight excluding hydrogens is 248 g/mol. The third kappa shape index (κ3) is 3.22. The lowest BCUT2D eigenvalue weighted by Crippen LogP contribution is -2.04. The smallest absolute Gasteiger partial charge is 0.149 e. The molecule has 0 spiro atoms. The highest BCUT2D eigenvalue weighted by Crippen LogP contribution is 2.22. The van der Waals surface area contributed by atoms with E-state index in [1.807, 2.05) is 25.1 Å². The molecule has 0 aliphatic carbocycles. The largest absolute Gasteiger partial charge is 0.496 e. The molecular formula is C15H15F2NO. The maximum Gasteiger partial charge on any atom is 0.149 e. The van der Waals surface area contributed by atoms with E-state index in [-0.39, 0.29) is 5.69 Å². The fourth-order valence-electron chi connectivity index (χ4n) is 1.87. The van der Waals surface area contributed by atoms with Crippen LogP contribution in [0.4, 0.5) is 14.5 Å². The van der Waals surface area contributed by atoms with Crippen molar-refractivity contribution in [3.05, 3.63) is 59.2 Å². The monoisotopic (exact) mass is 263 g/mol. The molecule has 0 saturated carbocycles. The fourth-order valence-corrected chi connectivity index (χ4v) is 1.87. The van der Waals surface area contributed by atoms with Crippen LogP contribution in [0.15, 0.2) is 36.4 Å². The molecule has 0 aromatic heterocycles. The number of anilines is 1. The first kappa shape index (κ1) is 13.3. The number of methoxy groups -OCH3 is 1. The minimum atomic E-state index is -0.605. The molecule has 0 heterocycles. The van der Waals surface area contributed by atoms with Crippen LogP contribution in [0.2, 0.25) is 0 Å². The SMILES string of the molecule is COc1ccc(C)cc1CNc1ccc(F)cc1F. The van der Waals surface area contributed by atoms with Gasteiger partial charge < -0.3 is 10.1 Å². The van der Waals surface area contributed by atoms with Crippen molar-refractivity contribution in [1.29, 1.82) is 0 Å². The summed E-state index contributed by atoms with van der Waals surface area (Å²) in [5, 5.41) is 2.94. The Morgan fingerprint density at radius 2 is 1.89 bits per heavy atom. The van der Waals surface area contributed by atoms with Crippen molar-refractivity contribution in [2.24, 2.45) is 0 Å². The molecule has 2 rings (SSSR count). The Kier molecular flexibility index (Phi) is 4.00. The summed E-state index contributed by atoms with van der Waals surface area (Å²) >= 11 is 0. The topological polar surface area (TPSA) is 21.3 Å². The molecule has 0 aliphatic heterocycles. The van der Waals surface area contributed by atoms with Gasteiger partial charge in [0.05, 0.1) is 12.8 Å². The summed E-state index contributed by atoms with van der Waals surface area (Å²) in [6.45, 7) is 2.38. The van der Waals surface area contributed by atoms with Crippen molar-refractivity contribution in [3.63, 3.8) is 0 Å². The van der Waals surface area contributed by atoms with E-state index in [1.165, 1.54) is 12.1 Å². The summed E-state index contributed by atoms with van der Waals surface area (Å²) in [6, 6.07) is 9.24. The Morgan fingerprint density at radius 1 is 1.11 bits per heavy atom. The molecule has 0 bridgehead atoms. The van der Waals surface area contributed by atoms with Crippen LogP contribution in [0, 0.1) is 18.6 Å². The van der Waals surface area contributed by atoms with E-state index in [2.05, 4.69) is 5.32 Å². The number of halogens is 2. The highest BCUT2D eigenvalue weighted by molar-refractivity contribution is 5.47. The van der Waals surface area contributed by atoms with Crippen molar-refractivity contribution in [3.8, 4) is 5.75 Å². The van der Waals surface area contributed by atoms with Crippen molar-refractivity contribution >= 4 is 5.69 Å². The molecule has 0 saturated heterocycles. The molecule has 2 nitrogen and oxygen atoms in total. The number of benzene rings is 2. The third-order valence-corrected chi connectivity index (χ3v) is 2.84. The van der Waals surface area contributed by atoms with Crippen LogP contribution in [-0.4, -0.2) is 7.11 Å². The highest BCUT2D eigenvalue weighted by Gasteiger charge is 2.06. The molecule has 19 heavy (non-hydrogen) atoms. The minimum Gasteiger partial charge on any atom is -0.496 e. The van der Waals surface area contributed by atoms with Crippen LogP contribution in [0.1, 0.15) is 11.1 Å². The van der Waals surface area contributed by atoms with Gasteiger partial charge in [0, 0.05) is 18.2 Å². The van der Waals surface area contributed by atoms with Gasteiger partial charge in [0.2, 0.25) is 0 Å². The lowest BCUT2D eigenvalue weighted by atomic mass is 10.1. The zero-order valence-corrected chi connectivity index (χ0v) is 10.8. The quantitative estimate of drug-likeness (QED) is 0.903. The predicted octanol–water partition coefficient (Wildman–Crippen LogP) is 3.89. The standard InChI is InChI=1S/C15H15F2NO/c1-10-3-6-15(19-2)11(7-10)9-18-14-5-4-12(16)8-13(14)17/h3-8,18H,9H2,1-2H3. The van der Waals surface area contributed by atoms with Crippen molar-refractivity contribution < 1.29 is 13.5 Å². The number of rotatable bonds is 4. The zero-order valence-electron chi connectivity index (χ0n) is 10.8. The lowest BCUT2D eigenvalue weighted by molar-refractivity contribution is 0.410. The van der Waals surface area contributed by atoms with Gasteiger partial charge in [0.25, 0.3) is 0 Å². The number of hydrogen-bond acceptors (Lipinski definition) is 2. The number of ether oxygens (including phenoxy) is 1. The van der Waals surface area contributed by atoms with Gasteiger partial charge in [-0.05, 0) is 25.1 Å². The average Bonchev–Trinajstić information content (AvgIpc) is 2.38. The van der Waals surface area contributed by atoms with Crippen molar-refractivity contribution in [2.75, 3.05) is 12.4 Å². The summed E-state index contributed by atoms with van der Waals surface area (Å²) in [6.07, 6.45) is 0. The Labute approximate surface area is 111 Å². The molecule has 0 unspecified atom stereocenters. The van der Waals surface area contributed by atoms with Crippen LogP contribution in [0.25, 0.3) is 0 Å². The first-order valence-corrected chi connectivity index (χ1v) is 5.92. The predicted molar refractivity (Wildman–Crippen MR) is 71.4 cm³/mol. The van der Waals surface area contributed by atoms with Crippen LogP contribution < -0.4 is 10.1 Å². The molecule has 0 radical (unpaired) electrons. The molecule has 2 aromatic rings. The summed E-state index contributed by atoms with van der Waals surface area (Å²) in [5.74, 6) is -0.455. The Balaban J connectivity index is 2.16. The molecule has 0 aliphatic rings. The minimum absolute atomic E-state index is 0.268. The maximum absolute atomic E-state index is 13.5. The van der Waals surface area contributed by atoms with Gasteiger partial charge >= 0.3 is 0 Å². The van der Waals surface area contributed by atoms with E-state index in [0.29, 0.717) is 6.54 Å². The molecule has 0 fully saturated rings. The Morgan fingerprint density at radius 3 is 2.58 bits per heavy atom.